The van der Waals surface area contributed by atoms with Crippen molar-refractivity contribution < 1.29 is 18.1 Å². The molecule has 0 aliphatic rings. The molecule has 0 unspecified atom stereocenters. The van der Waals surface area contributed by atoms with E-state index in [9.17, 15) is 13.6 Å². The quantitative estimate of drug-likeness (QED) is 0.911. The van der Waals surface area contributed by atoms with Gasteiger partial charge in [-0.05, 0) is 19.1 Å². The number of aromatic nitrogens is 1. The highest BCUT2D eigenvalue weighted by Gasteiger charge is 2.15. The molecule has 1 amide bonds. The summed E-state index contributed by atoms with van der Waals surface area (Å²) in [5, 5.41) is 6.09. The van der Waals surface area contributed by atoms with E-state index in [1.165, 1.54) is 12.1 Å². The lowest BCUT2D eigenvalue weighted by Gasteiger charge is -2.04. The number of hydrogen-bond acceptors (Lipinski definition) is 3. The van der Waals surface area contributed by atoms with Crippen molar-refractivity contribution in [1.82, 2.24) is 10.5 Å². The number of rotatable bonds is 3. The minimum Gasteiger partial charge on any atom is -0.361 e. The summed E-state index contributed by atoms with van der Waals surface area (Å²) in [5.74, 6) is -2.31. The Morgan fingerprint density at radius 3 is 2.89 bits per heavy atom. The van der Waals surface area contributed by atoms with Gasteiger partial charge in [-0.1, -0.05) is 11.2 Å². The van der Waals surface area contributed by atoms with Crippen LogP contribution in [0.5, 0.6) is 0 Å². The van der Waals surface area contributed by atoms with E-state index in [0.717, 1.165) is 6.07 Å². The third-order valence-corrected chi connectivity index (χ3v) is 2.30. The average Bonchev–Trinajstić information content (AvgIpc) is 2.76. The summed E-state index contributed by atoms with van der Waals surface area (Å²) in [6, 6.07) is 5.07. The SMILES string of the molecule is Cc1cc(CNC(=O)c2cccc(F)c2F)no1. The maximum Gasteiger partial charge on any atom is 0.254 e. The second-order valence-electron chi connectivity index (χ2n) is 3.71. The monoisotopic (exact) mass is 252 g/mol. The van der Waals surface area contributed by atoms with Crippen molar-refractivity contribution >= 4 is 5.91 Å². The summed E-state index contributed by atoms with van der Waals surface area (Å²) in [7, 11) is 0. The predicted molar refractivity (Wildman–Crippen MR) is 58.8 cm³/mol. The van der Waals surface area contributed by atoms with Crippen molar-refractivity contribution in [3.05, 3.63) is 52.9 Å². The second kappa shape index (κ2) is 4.95. The Labute approximate surface area is 102 Å². The van der Waals surface area contributed by atoms with E-state index in [-0.39, 0.29) is 12.1 Å². The maximum absolute atomic E-state index is 13.3. The molecule has 0 spiro atoms. The summed E-state index contributed by atoms with van der Waals surface area (Å²) in [6.07, 6.45) is 0. The van der Waals surface area contributed by atoms with Gasteiger partial charge in [0.2, 0.25) is 0 Å². The minimum atomic E-state index is -1.16. The molecule has 18 heavy (non-hydrogen) atoms. The van der Waals surface area contributed by atoms with Crippen LogP contribution in [0, 0.1) is 18.6 Å². The number of aryl methyl sites for hydroxylation is 1. The fraction of sp³-hybridized carbons (Fsp3) is 0.167. The molecule has 0 saturated heterocycles. The molecule has 1 aromatic carbocycles. The van der Waals surface area contributed by atoms with Gasteiger partial charge in [0.15, 0.2) is 11.6 Å². The van der Waals surface area contributed by atoms with Crippen LogP contribution in [0.2, 0.25) is 0 Å². The van der Waals surface area contributed by atoms with E-state index < -0.39 is 17.5 Å². The molecule has 4 nitrogen and oxygen atoms in total. The number of hydrogen-bond donors (Lipinski definition) is 1. The van der Waals surface area contributed by atoms with Crippen molar-refractivity contribution in [2.24, 2.45) is 0 Å². The van der Waals surface area contributed by atoms with E-state index >= 15 is 0 Å². The Hall–Kier alpha value is -2.24. The first kappa shape index (κ1) is 12.2. The van der Waals surface area contributed by atoms with Crippen LogP contribution >= 0.6 is 0 Å². The summed E-state index contributed by atoms with van der Waals surface area (Å²) in [5.41, 5.74) is 0.174. The van der Waals surface area contributed by atoms with Crippen LogP contribution in [-0.4, -0.2) is 11.1 Å². The Morgan fingerprint density at radius 2 is 2.22 bits per heavy atom. The van der Waals surface area contributed by atoms with Gasteiger partial charge in [0.25, 0.3) is 5.91 Å². The molecule has 1 aromatic heterocycles. The number of nitrogens with one attached hydrogen (secondary N) is 1. The molecule has 0 fully saturated rings. The van der Waals surface area contributed by atoms with Gasteiger partial charge in [-0.2, -0.15) is 0 Å². The highest BCUT2D eigenvalue weighted by Crippen LogP contribution is 2.11. The zero-order valence-corrected chi connectivity index (χ0v) is 9.54. The first-order valence-corrected chi connectivity index (χ1v) is 5.22. The molecule has 6 heteroatoms. The van der Waals surface area contributed by atoms with Crippen LogP contribution < -0.4 is 5.32 Å². The molecule has 2 rings (SSSR count). The summed E-state index contributed by atoms with van der Waals surface area (Å²) in [4.78, 5) is 11.6. The van der Waals surface area contributed by atoms with E-state index in [1.54, 1.807) is 13.0 Å². The van der Waals surface area contributed by atoms with Crippen molar-refractivity contribution in [3.63, 3.8) is 0 Å². The van der Waals surface area contributed by atoms with Gasteiger partial charge >= 0.3 is 0 Å². The van der Waals surface area contributed by atoms with Crippen LogP contribution in [0.4, 0.5) is 8.78 Å². The minimum absolute atomic E-state index is 0.0894. The molecule has 1 heterocycles. The summed E-state index contributed by atoms with van der Waals surface area (Å²) < 4.78 is 31.0. The average molecular weight is 252 g/mol. The molecule has 0 bridgehead atoms. The number of halogens is 2. The lowest BCUT2D eigenvalue weighted by atomic mass is 10.2. The van der Waals surface area contributed by atoms with Crippen molar-refractivity contribution in [2.45, 2.75) is 13.5 Å². The third kappa shape index (κ3) is 2.53. The lowest BCUT2D eigenvalue weighted by Crippen LogP contribution is -2.24. The van der Waals surface area contributed by atoms with Gasteiger partial charge in [-0.3, -0.25) is 4.79 Å². The van der Waals surface area contributed by atoms with E-state index in [4.69, 9.17) is 4.52 Å². The predicted octanol–water partition coefficient (Wildman–Crippen LogP) is 2.19. The van der Waals surface area contributed by atoms with Gasteiger partial charge < -0.3 is 9.84 Å². The van der Waals surface area contributed by atoms with Gasteiger partial charge in [-0.25, -0.2) is 8.78 Å². The second-order valence-corrected chi connectivity index (χ2v) is 3.71. The Bertz CT molecular complexity index is 581. The van der Waals surface area contributed by atoms with Crippen LogP contribution in [0.1, 0.15) is 21.8 Å². The first-order chi connectivity index (χ1) is 8.58. The van der Waals surface area contributed by atoms with E-state index in [1.807, 2.05) is 0 Å². The fourth-order valence-corrected chi connectivity index (χ4v) is 1.45. The van der Waals surface area contributed by atoms with Crippen LogP contribution in [-0.2, 0) is 6.54 Å². The highest BCUT2D eigenvalue weighted by atomic mass is 19.2. The molecule has 0 aliphatic carbocycles. The first-order valence-electron chi connectivity index (χ1n) is 5.22. The Kier molecular flexibility index (Phi) is 3.36. The third-order valence-electron chi connectivity index (χ3n) is 2.30. The number of amides is 1. The Balaban J connectivity index is 2.06. The van der Waals surface area contributed by atoms with Gasteiger partial charge in [-0.15, -0.1) is 0 Å². The van der Waals surface area contributed by atoms with E-state index in [2.05, 4.69) is 10.5 Å². The zero-order chi connectivity index (χ0) is 13.1. The van der Waals surface area contributed by atoms with Gasteiger partial charge in [0.05, 0.1) is 12.1 Å². The van der Waals surface area contributed by atoms with Crippen LogP contribution in [0.3, 0.4) is 0 Å². The summed E-state index contributed by atoms with van der Waals surface area (Å²) in [6.45, 7) is 1.80. The maximum atomic E-state index is 13.3. The molecule has 0 radical (unpaired) electrons. The normalized spacial score (nSPS) is 10.4. The molecule has 1 N–H and O–H groups in total. The molecular weight excluding hydrogens is 242 g/mol. The molecular formula is C12H10F2N2O2. The van der Waals surface area contributed by atoms with Crippen molar-refractivity contribution in [3.8, 4) is 0 Å². The number of nitrogens with zero attached hydrogens (tertiary/aromatic N) is 1. The molecule has 0 atom stereocenters. The lowest BCUT2D eigenvalue weighted by molar-refractivity contribution is 0.0945. The van der Waals surface area contributed by atoms with Crippen molar-refractivity contribution in [2.75, 3.05) is 0 Å². The van der Waals surface area contributed by atoms with Gasteiger partial charge in [0.1, 0.15) is 11.5 Å². The molecule has 0 aliphatic heterocycles. The standard InChI is InChI=1S/C12H10F2N2O2/c1-7-5-8(16-18-7)6-15-12(17)9-3-2-4-10(13)11(9)14/h2-5H,6H2,1H3,(H,15,17). The van der Waals surface area contributed by atoms with Crippen LogP contribution in [0.15, 0.2) is 28.8 Å². The van der Waals surface area contributed by atoms with Gasteiger partial charge in [0, 0.05) is 6.07 Å². The highest BCUT2D eigenvalue weighted by molar-refractivity contribution is 5.94. The largest absolute Gasteiger partial charge is 0.361 e. The van der Waals surface area contributed by atoms with E-state index in [0.29, 0.717) is 11.5 Å². The smallest absolute Gasteiger partial charge is 0.254 e. The topological polar surface area (TPSA) is 55.1 Å². The molecule has 94 valence electrons. The Morgan fingerprint density at radius 1 is 1.44 bits per heavy atom. The summed E-state index contributed by atoms with van der Waals surface area (Å²) >= 11 is 0. The molecule has 2 aromatic rings. The fourth-order valence-electron chi connectivity index (χ4n) is 1.45. The van der Waals surface area contributed by atoms with Crippen LogP contribution in [0.25, 0.3) is 0 Å². The number of carbonyl (C=O) groups is 1. The number of benzene rings is 1. The molecule has 0 saturated carbocycles. The zero-order valence-electron chi connectivity index (χ0n) is 9.54. The number of carbonyl (C=O) groups excluding carboxylic acids is 1. The van der Waals surface area contributed by atoms with Crippen molar-refractivity contribution in [1.29, 1.82) is 0 Å².